The highest BCUT2D eigenvalue weighted by atomic mass is 16.5. The number of aliphatic carboxylic acids is 8. The summed E-state index contributed by atoms with van der Waals surface area (Å²) in [6, 6.07) is 0. The number of hydrogen-bond acceptors (Lipinski definition) is 10. The fourth-order valence-electron chi connectivity index (χ4n) is 9.95. The number of ether oxygens (including phenoxy) is 1. The zero-order valence-corrected chi connectivity index (χ0v) is 44.8. The van der Waals surface area contributed by atoms with Gasteiger partial charge in [0.15, 0.2) is 0 Å². The number of esters is 1. The Hall–Kier alpha value is -4.77. The van der Waals surface area contributed by atoms with Crippen molar-refractivity contribution in [2.24, 2.45) is 48.7 Å². The highest BCUT2D eigenvalue weighted by Crippen LogP contribution is 2.54. The fourth-order valence-corrected chi connectivity index (χ4v) is 9.95. The molecule has 0 fully saturated rings. The first-order valence-electron chi connectivity index (χ1n) is 24.6. The molecule has 7 atom stereocenters. The predicted molar refractivity (Wildman–Crippen MR) is 261 cm³/mol. The summed E-state index contributed by atoms with van der Waals surface area (Å²) in [5.74, 6) is -12.5. The summed E-state index contributed by atoms with van der Waals surface area (Å²) in [6.45, 7) is 20.6. The third kappa shape index (κ3) is 20.2. The number of carbonyl (C=O) groups is 9. The molecule has 0 aromatic heterocycles. The van der Waals surface area contributed by atoms with Gasteiger partial charge in [0.25, 0.3) is 0 Å². The van der Waals surface area contributed by atoms with Gasteiger partial charge in [-0.25, -0.2) is 0 Å². The number of carboxylic acids is 8. The zero-order chi connectivity index (χ0) is 55.5. The third-order valence-electron chi connectivity index (χ3n) is 14.7. The summed E-state index contributed by atoms with van der Waals surface area (Å²) in [7, 11) is 0. The van der Waals surface area contributed by atoms with Crippen molar-refractivity contribution in [1.82, 2.24) is 0 Å². The maximum atomic E-state index is 12.9. The van der Waals surface area contributed by atoms with E-state index in [0.717, 1.165) is 54.4 Å². The molecule has 0 spiro atoms. The largest absolute Gasteiger partial charge is 0.481 e. The van der Waals surface area contributed by atoms with Crippen LogP contribution >= 0.6 is 0 Å². The number of carbonyl (C=O) groups excluding carboxylic acids is 1. The number of carboxylic acid groups (broad SMARTS) is 8. The average Bonchev–Trinajstić information content (AvgIpc) is 3.21. The first-order chi connectivity index (χ1) is 31.6. The van der Waals surface area contributed by atoms with E-state index in [0.29, 0.717) is 6.61 Å². The second-order valence-corrected chi connectivity index (χ2v) is 23.4. The Labute approximate surface area is 415 Å². The topological polar surface area (TPSA) is 325 Å². The van der Waals surface area contributed by atoms with Gasteiger partial charge in [0.2, 0.25) is 0 Å². The van der Waals surface area contributed by atoms with Crippen LogP contribution in [0.15, 0.2) is 0 Å². The van der Waals surface area contributed by atoms with Gasteiger partial charge in [0.05, 0.1) is 55.3 Å². The summed E-state index contributed by atoms with van der Waals surface area (Å²) in [4.78, 5) is 112. The molecule has 18 nitrogen and oxygen atoms in total. The molecule has 0 saturated heterocycles. The Morgan fingerprint density at radius 1 is 0.300 bits per heavy atom. The standard InChI is InChI=1S/C34H54O16.C18H36O2/c1-11-28(4,20(37)38)13-30(6,22(41)42)15-32(8,24(45)46)17-34(10,26(49)50)18-33(9,25(47)48)16-31(7,23(43)44)14-29(5,21(39)40)12-27(2,3)19(35)36;1-5-7-8-9-10-11-12-13-14-15-16-20-17(19)18(3,4)6-2/h11-18H2,1-10H3,(H,35,36)(H,37,38)(H,39,40)(H,41,42)(H,43,44)(H,45,46)(H,47,48)(H,49,50);5-16H2,1-4H3. The Morgan fingerprint density at radius 2 is 0.543 bits per heavy atom. The minimum absolute atomic E-state index is 0.0180. The summed E-state index contributed by atoms with van der Waals surface area (Å²) < 4.78 is 5.33. The smallest absolute Gasteiger partial charge is 0.311 e. The van der Waals surface area contributed by atoms with Crippen LogP contribution in [0.2, 0.25) is 0 Å². The zero-order valence-electron chi connectivity index (χ0n) is 44.8. The molecule has 0 rings (SSSR count). The number of unbranched alkanes of at least 4 members (excludes halogenated alkanes) is 9. The Morgan fingerprint density at radius 3 is 0.771 bits per heavy atom. The molecule has 0 bridgehead atoms. The lowest BCUT2D eigenvalue weighted by Crippen LogP contribution is -2.49. The quantitative estimate of drug-likeness (QED) is 0.0214. The van der Waals surface area contributed by atoms with Crippen LogP contribution < -0.4 is 0 Å². The maximum absolute atomic E-state index is 12.9. The van der Waals surface area contributed by atoms with Crippen molar-refractivity contribution < 1.29 is 88.7 Å². The van der Waals surface area contributed by atoms with Crippen LogP contribution in [0, 0.1) is 48.7 Å². The van der Waals surface area contributed by atoms with Gasteiger partial charge in [-0.1, -0.05) is 78.6 Å². The molecule has 70 heavy (non-hydrogen) atoms. The normalized spacial score (nSPS) is 17.9. The van der Waals surface area contributed by atoms with E-state index in [-0.39, 0.29) is 17.8 Å². The van der Waals surface area contributed by atoms with E-state index >= 15 is 0 Å². The minimum Gasteiger partial charge on any atom is -0.481 e. The van der Waals surface area contributed by atoms with E-state index < -0.39 is 136 Å². The molecule has 0 amide bonds. The molecule has 0 saturated carbocycles. The van der Waals surface area contributed by atoms with Crippen LogP contribution in [-0.4, -0.2) is 101 Å². The molecule has 0 aromatic carbocycles. The SMILES string of the molecule is CCC(C)(CC(C)(CC(C)(CC(C)(CC(C)(CC(C)(CC(C)(CC(C)(C)C(=O)O)C(=O)O)C(=O)O)C(=O)O)C(=O)O)C(=O)O)C(=O)O)C(=O)O.CCCCCCCCCCCCOC(=O)C(C)(C)CC. The maximum Gasteiger partial charge on any atom is 0.311 e. The van der Waals surface area contributed by atoms with Gasteiger partial charge in [-0.15, -0.1) is 0 Å². The molecule has 0 aliphatic rings. The lowest BCUT2D eigenvalue weighted by molar-refractivity contribution is -0.168. The molecule has 406 valence electrons. The van der Waals surface area contributed by atoms with E-state index in [9.17, 15) is 84.0 Å². The first-order valence-corrected chi connectivity index (χ1v) is 24.6. The van der Waals surface area contributed by atoms with Crippen LogP contribution in [0.4, 0.5) is 0 Å². The van der Waals surface area contributed by atoms with Gasteiger partial charge < -0.3 is 45.6 Å². The molecule has 0 aliphatic carbocycles. The molecular formula is C52H90O18. The summed E-state index contributed by atoms with van der Waals surface area (Å²) in [6.07, 6.45) is 8.67. The van der Waals surface area contributed by atoms with E-state index in [1.165, 1.54) is 85.5 Å². The summed E-state index contributed by atoms with van der Waals surface area (Å²) >= 11 is 0. The van der Waals surface area contributed by atoms with Crippen LogP contribution in [0.3, 0.4) is 0 Å². The van der Waals surface area contributed by atoms with Crippen molar-refractivity contribution in [1.29, 1.82) is 0 Å². The van der Waals surface area contributed by atoms with Crippen LogP contribution in [0.25, 0.3) is 0 Å². The van der Waals surface area contributed by atoms with Crippen molar-refractivity contribution in [3.63, 3.8) is 0 Å². The summed E-state index contributed by atoms with van der Waals surface area (Å²) in [5, 5.41) is 81.3. The van der Waals surface area contributed by atoms with Gasteiger partial charge >= 0.3 is 53.7 Å². The monoisotopic (exact) mass is 1000 g/mol. The highest BCUT2D eigenvalue weighted by Gasteiger charge is 2.58. The van der Waals surface area contributed by atoms with Gasteiger partial charge in [-0.05, 0) is 140 Å². The minimum atomic E-state index is -2.28. The molecule has 0 radical (unpaired) electrons. The molecule has 0 aromatic rings. The van der Waals surface area contributed by atoms with Crippen molar-refractivity contribution in [3.05, 3.63) is 0 Å². The van der Waals surface area contributed by atoms with Crippen molar-refractivity contribution >= 4 is 53.7 Å². The molecule has 7 unspecified atom stereocenters. The van der Waals surface area contributed by atoms with Crippen molar-refractivity contribution in [2.75, 3.05) is 6.61 Å². The van der Waals surface area contributed by atoms with Crippen molar-refractivity contribution in [3.8, 4) is 0 Å². The Balaban J connectivity index is 0. The van der Waals surface area contributed by atoms with Crippen LogP contribution in [0.1, 0.15) is 219 Å². The van der Waals surface area contributed by atoms with Gasteiger partial charge in [-0.2, -0.15) is 0 Å². The second kappa shape index (κ2) is 27.2. The molecular weight excluding hydrogens is 913 g/mol. The Bertz CT molecular complexity index is 1820. The molecule has 8 N–H and O–H groups in total. The molecule has 0 aliphatic heterocycles. The van der Waals surface area contributed by atoms with Gasteiger partial charge in [0, 0.05) is 0 Å². The van der Waals surface area contributed by atoms with Crippen LogP contribution in [-0.2, 0) is 47.9 Å². The first kappa shape index (κ1) is 67.3. The number of rotatable bonds is 36. The summed E-state index contributed by atoms with van der Waals surface area (Å²) in [5.41, 5.74) is -16.6. The van der Waals surface area contributed by atoms with Crippen LogP contribution in [0.5, 0.6) is 0 Å². The average molecular weight is 1000 g/mol. The lowest BCUT2D eigenvalue weighted by Gasteiger charge is -2.45. The second-order valence-electron chi connectivity index (χ2n) is 23.4. The van der Waals surface area contributed by atoms with E-state index in [1.807, 2.05) is 20.8 Å². The lowest BCUT2D eigenvalue weighted by atomic mass is 9.57. The van der Waals surface area contributed by atoms with Crippen molar-refractivity contribution in [2.45, 2.75) is 219 Å². The number of hydrogen-bond donors (Lipinski definition) is 8. The Kier molecular flexibility index (Phi) is 26.1. The molecule has 18 heteroatoms. The predicted octanol–water partition coefficient (Wildman–Crippen LogP) is 10.8. The fraction of sp³-hybridized carbons (Fsp3) is 0.827. The highest BCUT2D eigenvalue weighted by molar-refractivity contribution is 5.84. The van der Waals surface area contributed by atoms with E-state index in [2.05, 4.69) is 6.92 Å². The van der Waals surface area contributed by atoms with E-state index in [4.69, 9.17) is 4.74 Å². The molecule has 0 heterocycles. The van der Waals surface area contributed by atoms with Gasteiger partial charge in [0.1, 0.15) is 0 Å². The van der Waals surface area contributed by atoms with E-state index in [1.54, 1.807) is 0 Å². The third-order valence-corrected chi connectivity index (χ3v) is 14.7. The van der Waals surface area contributed by atoms with Gasteiger partial charge in [-0.3, -0.25) is 43.2 Å².